The van der Waals surface area contributed by atoms with Gasteiger partial charge in [0.2, 0.25) is 5.91 Å². The lowest BCUT2D eigenvalue weighted by Crippen LogP contribution is -2.36. The average Bonchev–Trinajstić information content (AvgIpc) is 3.05. The Balaban J connectivity index is 1.53. The number of likely N-dealkylation sites (N-methyl/N-ethyl adjacent to an activating group) is 1. The summed E-state index contributed by atoms with van der Waals surface area (Å²) in [7, 11) is -1.35. The molecule has 0 N–H and O–H groups in total. The van der Waals surface area contributed by atoms with Gasteiger partial charge in [-0.15, -0.1) is 0 Å². The van der Waals surface area contributed by atoms with Gasteiger partial charge >= 0.3 is 0 Å². The van der Waals surface area contributed by atoms with Crippen LogP contribution in [0.3, 0.4) is 0 Å². The number of hydrogen-bond donors (Lipinski definition) is 0. The lowest BCUT2D eigenvalue weighted by Gasteiger charge is -2.21. The van der Waals surface area contributed by atoms with Crippen LogP contribution < -0.4 is 4.74 Å². The lowest BCUT2D eigenvalue weighted by molar-refractivity contribution is -0.126. The highest BCUT2D eigenvalue weighted by Crippen LogP contribution is 2.18. The van der Waals surface area contributed by atoms with Crippen molar-refractivity contribution >= 4 is 21.8 Å². The molecule has 1 atom stereocenters. The van der Waals surface area contributed by atoms with E-state index in [4.69, 9.17) is 4.74 Å². The molecule has 0 aliphatic carbocycles. The van der Waals surface area contributed by atoms with Gasteiger partial charge in [-0.25, -0.2) is 8.42 Å². The molecule has 142 valence electrons. The standard InChI is InChI=1S/C21H23NO4S/c1-22(19-13-14-27(24,25)16-19)21(23)12-9-17-7-10-20(11-8-17)26-15-18-5-3-2-4-6-18/h2-12,19H,13-16H2,1H3. The molecule has 27 heavy (non-hydrogen) atoms. The molecule has 2 aromatic carbocycles. The number of ether oxygens (including phenoxy) is 1. The second-order valence-corrected chi connectivity index (χ2v) is 8.91. The van der Waals surface area contributed by atoms with Crippen LogP contribution in [0.4, 0.5) is 0 Å². The first-order valence-electron chi connectivity index (χ1n) is 8.85. The van der Waals surface area contributed by atoms with E-state index in [2.05, 4.69) is 0 Å². The highest BCUT2D eigenvalue weighted by molar-refractivity contribution is 7.91. The summed E-state index contributed by atoms with van der Waals surface area (Å²) in [5.41, 5.74) is 1.98. The third-order valence-electron chi connectivity index (χ3n) is 4.65. The normalized spacial score (nSPS) is 18.5. The summed E-state index contributed by atoms with van der Waals surface area (Å²) in [5.74, 6) is 0.775. The number of amides is 1. The van der Waals surface area contributed by atoms with Gasteiger partial charge < -0.3 is 9.64 Å². The average molecular weight is 385 g/mol. The van der Waals surface area contributed by atoms with Gasteiger partial charge in [0.15, 0.2) is 9.84 Å². The van der Waals surface area contributed by atoms with Gasteiger partial charge in [-0.1, -0.05) is 42.5 Å². The summed E-state index contributed by atoms with van der Waals surface area (Å²) in [6.45, 7) is 0.504. The Kier molecular flexibility index (Phi) is 5.96. The summed E-state index contributed by atoms with van der Waals surface area (Å²) in [6.07, 6.45) is 3.71. The quantitative estimate of drug-likeness (QED) is 0.717. The van der Waals surface area contributed by atoms with Crippen LogP contribution in [-0.2, 0) is 21.2 Å². The van der Waals surface area contributed by atoms with Crippen molar-refractivity contribution in [3.63, 3.8) is 0 Å². The first kappa shape index (κ1) is 19.2. The second kappa shape index (κ2) is 8.39. The molecule has 1 unspecified atom stereocenters. The third-order valence-corrected chi connectivity index (χ3v) is 6.40. The van der Waals surface area contributed by atoms with E-state index >= 15 is 0 Å². The summed E-state index contributed by atoms with van der Waals surface area (Å²) in [4.78, 5) is 13.8. The molecule has 1 heterocycles. The highest BCUT2D eigenvalue weighted by atomic mass is 32.2. The lowest BCUT2D eigenvalue weighted by atomic mass is 10.2. The van der Waals surface area contributed by atoms with E-state index in [-0.39, 0.29) is 23.5 Å². The molecule has 0 aromatic heterocycles. The Bertz CT molecular complexity index is 905. The van der Waals surface area contributed by atoms with E-state index in [1.807, 2.05) is 54.6 Å². The van der Waals surface area contributed by atoms with Crippen molar-refractivity contribution in [2.45, 2.75) is 19.1 Å². The summed E-state index contributed by atoms with van der Waals surface area (Å²) < 4.78 is 28.9. The zero-order chi connectivity index (χ0) is 19.3. The van der Waals surface area contributed by atoms with Crippen LogP contribution in [0.25, 0.3) is 6.08 Å². The molecule has 1 saturated heterocycles. The van der Waals surface area contributed by atoms with Crippen molar-refractivity contribution < 1.29 is 17.9 Å². The van der Waals surface area contributed by atoms with Crippen molar-refractivity contribution in [1.82, 2.24) is 4.90 Å². The number of carbonyl (C=O) groups is 1. The molecule has 1 aliphatic heterocycles. The number of sulfone groups is 1. The molecule has 0 spiro atoms. The molecule has 0 radical (unpaired) electrons. The topological polar surface area (TPSA) is 63.7 Å². The Morgan fingerprint density at radius 2 is 1.85 bits per heavy atom. The van der Waals surface area contributed by atoms with Crippen LogP contribution in [0.2, 0.25) is 0 Å². The molecule has 2 aromatic rings. The minimum absolute atomic E-state index is 0.0521. The van der Waals surface area contributed by atoms with Crippen LogP contribution in [-0.4, -0.2) is 43.8 Å². The predicted octanol–water partition coefficient (Wildman–Crippen LogP) is 2.92. The predicted molar refractivity (Wildman–Crippen MR) is 106 cm³/mol. The van der Waals surface area contributed by atoms with Gasteiger partial charge in [-0.2, -0.15) is 0 Å². The Hall–Kier alpha value is -2.60. The van der Waals surface area contributed by atoms with Gasteiger partial charge in [0, 0.05) is 19.2 Å². The fraction of sp³-hybridized carbons (Fsp3) is 0.286. The zero-order valence-electron chi connectivity index (χ0n) is 15.2. The fourth-order valence-electron chi connectivity index (χ4n) is 2.96. The number of nitrogens with zero attached hydrogens (tertiary/aromatic N) is 1. The van der Waals surface area contributed by atoms with E-state index in [0.717, 1.165) is 16.9 Å². The number of rotatable bonds is 6. The van der Waals surface area contributed by atoms with Crippen LogP contribution in [0.5, 0.6) is 5.75 Å². The van der Waals surface area contributed by atoms with E-state index < -0.39 is 9.84 Å². The van der Waals surface area contributed by atoms with Crippen LogP contribution in [0, 0.1) is 0 Å². The van der Waals surface area contributed by atoms with Crippen molar-refractivity contribution in [3.05, 3.63) is 71.8 Å². The molecular formula is C21H23NO4S. The molecule has 1 aliphatic rings. The van der Waals surface area contributed by atoms with Crippen LogP contribution in [0.1, 0.15) is 17.5 Å². The zero-order valence-corrected chi connectivity index (χ0v) is 16.1. The summed E-state index contributed by atoms with van der Waals surface area (Å²) in [6, 6.07) is 17.2. The van der Waals surface area contributed by atoms with E-state index in [1.165, 1.54) is 11.0 Å². The molecule has 1 amide bonds. The summed E-state index contributed by atoms with van der Waals surface area (Å²) >= 11 is 0. The maximum atomic E-state index is 12.3. The molecule has 1 fully saturated rings. The number of benzene rings is 2. The fourth-order valence-corrected chi connectivity index (χ4v) is 4.74. The van der Waals surface area contributed by atoms with Gasteiger partial charge in [0.1, 0.15) is 12.4 Å². The SMILES string of the molecule is CN(C(=O)C=Cc1ccc(OCc2ccccc2)cc1)C1CCS(=O)(=O)C1. The molecule has 5 nitrogen and oxygen atoms in total. The van der Waals surface area contributed by atoms with E-state index in [1.54, 1.807) is 13.1 Å². The van der Waals surface area contributed by atoms with Crippen LogP contribution >= 0.6 is 0 Å². The second-order valence-electron chi connectivity index (χ2n) is 6.68. The maximum Gasteiger partial charge on any atom is 0.246 e. The molecule has 0 bridgehead atoms. The van der Waals surface area contributed by atoms with Gasteiger partial charge in [0.05, 0.1) is 11.5 Å². The monoisotopic (exact) mass is 385 g/mol. The molecule has 6 heteroatoms. The van der Waals surface area contributed by atoms with Crippen molar-refractivity contribution in [2.24, 2.45) is 0 Å². The van der Waals surface area contributed by atoms with Gasteiger partial charge in [-0.3, -0.25) is 4.79 Å². The third kappa shape index (κ3) is 5.44. The smallest absolute Gasteiger partial charge is 0.246 e. The van der Waals surface area contributed by atoms with Crippen molar-refractivity contribution in [2.75, 3.05) is 18.6 Å². The molecular weight excluding hydrogens is 362 g/mol. The van der Waals surface area contributed by atoms with Gasteiger partial charge in [0.25, 0.3) is 0 Å². The van der Waals surface area contributed by atoms with Crippen LogP contribution in [0.15, 0.2) is 60.7 Å². The maximum absolute atomic E-state index is 12.3. The minimum Gasteiger partial charge on any atom is -0.489 e. The van der Waals surface area contributed by atoms with Crippen molar-refractivity contribution in [3.8, 4) is 5.75 Å². The Labute approximate surface area is 160 Å². The summed E-state index contributed by atoms with van der Waals surface area (Å²) in [5, 5.41) is 0. The molecule has 3 rings (SSSR count). The number of carbonyl (C=O) groups excluding carboxylic acids is 1. The first-order valence-corrected chi connectivity index (χ1v) is 10.7. The largest absolute Gasteiger partial charge is 0.489 e. The highest BCUT2D eigenvalue weighted by Gasteiger charge is 2.31. The minimum atomic E-state index is -3.00. The Morgan fingerprint density at radius 3 is 2.48 bits per heavy atom. The Morgan fingerprint density at radius 1 is 1.15 bits per heavy atom. The van der Waals surface area contributed by atoms with E-state index in [0.29, 0.717) is 13.0 Å². The van der Waals surface area contributed by atoms with E-state index in [9.17, 15) is 13.2 Å². The van der Waals surface area contributed by atoms with Gasteiger partial charge in [-0.05, 0) is 35.8 Å². The number of hydrogen-bond acceptors (Lipinski definition) is 4. The van der Waals surface area contributed by atoms with Crippen molar-refractivity contribution in [1.29, 1.82) is 0 Å². The molecule has 0 saturated carbocycles. The first-order chi connectivity index (χ1) is 12.9.